The van der Waals surface area contributed by atoms with Crippen molar-refractivity contribution >= 4 is 15.9 Å². The van der Waals surface area contributed by atoms with Gasteiger partial charge in [0, 0.05) is 16.1 Å². The summed E-state index contributed by atoms with van der Waals surface area (Å²) in [6, 6.07) is 11.1. The highest BCUT2D eigenvalue weighted by atomic mass is 79.9. The summed E-state index contributed by atoms with van der Waals surface area (Å²) >= 11 is 3.25. The first kappa shape index (κ1) is 14.5. The molecule has 2 nitrogen and oxygen atoms in total. The molecule has 0 saturated carbocycles. The lowest BCUT2D eigenvalue weighted by atomic mass is 9.88. The lowest BCUT2D eigenvalue weighted by Gasteiger charge is -2.22. The summed E-state index contributed by atoms with van der Waals surface area (Å²) in [4.78, 5) is 0. The molecule has 0 radical (unpaired) electrons. The number of aryl methyl sites for hydroxylation is 1. The molecule has 0 amide bonds. The number of benzene rings is 2. The van der Waals surface area contributed by atoms with Gasteiger partial charge < -0.3 is 10.5 Å². The largest absolute Gasteiger partial charge is 0.489 e. The molecule has 2 aromatic rings. The van der Waals surface area contributed by atoms with Crippen LogP contribution in [0.5, 0.6) is 5.75 Å². The van der Waals surface area contributed by atoms with Crippen molar-refractivity contribution in [2.24, 2.45) is 5.73 Å². The third kappa shape index (κ3) is 3.27. The highest BCUT2D eigenvalue weighted by Crippen LogP contribution is 2.31. The van der Waals surface area contributed by atoms with Crippen LogP contribution < -0.4 is 10.5 Å². The average Bonchev–Trinajstić information content (AvgIpc) is 2.46. The molecule has 1 atom stereocenters. The number of hydrogen-bond acceptors (Lipinski definition) is 2. The van der Waals surface area contributed by atoms with Gasteiger partial charge in [-0.3, -0.25) is 0 Å². The van der Waals surface area contributed by atoms with Gasteiger partial charge in [0.2, 0.25) is 0 Å². The summed E-state index contributed by atoms with van der Waals surface area (Å²) in [5.74, 6) is 0.509. The van der Waals surface area contributed by atoms with Gasteiger partial charge in [0.1, 0.15) is 18.2 Å². The van der Waals surface area contributed by atoms with Gasteiger partial charge in [-0.25, -0.2) is 4.39 Å². The summed E-state index contributed by atoms with van der Waals surface area (Å²) in [5, 5.41) is 0. The van der Waals surface area contributed by atoms with E-state index in [4.69, 9.17) is 10.5 Å². The number of halogens is 2. The van der Waals surface area contributed by atoms with Crippen LogP contribution in [0.1, 0.15) is 35.6 Å². The van der Waals surface area contributed by atoms with Crippen molar-refractivity contribution in [3.63, 3.8) is 0 Å². The van der Waals surface area contributed by atoms with E-state index in [0.717, 1.165) is 29.5 Å². The van der Waals surface area contributed by atoms with Gasteiger partial charge in [-0.1, -0.05) is 28.1 Å². The summed E-state index contributed by atoms with van der Waals surface area (Å²) < 4.78 is 20.2. The zero-order valence-electron chi connectivity index (χ0n) is 11.6. The van der Waals surface area contributed by atoms with Crippen LogP contribution in [0.2, 0.25) is 0 Å². The van der Waals surface area contributed by atoms with Crippen LogP contribution in [-0.2, 0) is 13.0 Å². The third-order valence-electron chi connectivity index (χ3n) is 3.88. The molecule has 0 fully saturated rings. The van der Waals surface area contributed by atoms with Crippen LogP contribution >= 0.6 is 15.9 Å². The predicted molar refractivity (Wildman–Crippen MR) is 84.7 cm³/mol. The smallest absolute Gasteiger partial charge is 0.130 e. The Morgan fingerprint density at radius 1 is 1.24 bits per heavy atom. The maximum absolute atomic E-state index is 13.8. The van der Waals surface area contributed by atoms with Crippen molar-refractivity contribution < 1.29 is 9.13 Å². The Labute approximate surface area is 132 Å². The number of ether oxygens (including phenoxy) is 1. The van der Waals surface area contributed by atoms with Crippen LogP contribution in [-0.4, -0.2) is 0 Å². The fourth-order valence-corrected chi connectivity index (χ4v) is 3.05. The maximum Gasteiger partial charge on any atom is 0.130 e. The van der Waals surface area contributed by atoms with Crippen LogP contribution in [0.15, 0.2) is 40.9 Å². The molecule has 1 aliphatic carbocycles. The van der Waals surface area contributed by atoms with Crippen molar-refractivity contribution in [2.75, 3.05) is 0 Å². The molecule has 0 spiro atoms. The number of rotatable bonds is 3. The Morgan fingerprint density at radius 3 is 2.90 bits per heavy atom. The second-order valence-corrected chi connectivity index (χ2v) is 6.30. The fourth-order valence-electron chi connectivity index (χ4n) is 2.72. The lowest BCUT2D eigenvalue weighted by molar-refractivity contribution is 0.299. The van der Waals surface area contributed by atoms with Gasteiger partial charge in [0.05, 0.1) is 0 Å². The third-order valence-corrected chi connectivity index (χ3v) is 4.38. The SMILES string of the molecule is NC1CCCc2cc(OCc3ccc(Br)cc3F)ccc21. The fraction of sp³-hybridized carbons (Fsp3) is 0.294. The van der Waals surface area contributed by atoms with Gasteiger partial charge in [0.25, 0.3) is 0 Å². The molecule has 0 bridgehead atoms. The Hall–Kier alpha value is -1.39. The maximum atomic E-state index is 13.8. The van der Waals surface area contributed by atoms with Crippen molar-refractivity contribution in [1.82, 2.24) is 0 Å². The monoisotopic (exact) mass is 349 g/mol. The second-order valence-electron chi connectivity index (χ2n) is 5.38. The van der Waals surface area contributed by atoms with Crippen LogP contribution in [0, 0.1) is 5.82 Å². The highest BCUT2D eigenvalue weighted by Gasteiger charge is 2.17. The van der Waals surface area contributed by atoms with Crippen molar-refractivity contribution in [3.8, 4) is 5.75 Å². The van der Waals surface area contributed by atoms with E-state index in [1.165, 1.54) is 17.2 Å². The summed E-state index contributed by atoms with van der Waals surface area (Å²) in [5.41, 5.74) is 9.11. The van der Waals surface area contributed by atoms with E-state index in [-0.39, 0.29) is 18.5 Å². The first-order valence-electron chi connectivity index (χ1n) is 7.08. The summed E-state index contributed by atoms with van der Waals surface area (Å²) in [7, 11) is 0. The Morgan fingerprint density at radius 2 is 2.10 bits per heavy atom. The molecule has 1 unspecified atom stereocenters. The molecular formula is C17H17BrFNO. The van der Waals surface area contributed by atoms with Crippen molar-refractivity contribution in [3.05, 3.63) is 63.4 Å². The van der Waals surface area contributed by atoms with Gasteiger partial charge in [-0.05, 0) is 54.7 Å². The average molecular weight is 350 g/mol. The molecule has 0 heterocycles. The molecule has 0 aromatic heterocycles. The summed E-state index contributed by atoms with van der Waals surface area (Å²) in [6.45, 7) is 0.226. The van der Waals surface area contributed by atoms with Gasteiger partial charge in [-0.2, -0.15) is 0 Å². The molecule has 21 heavy (non-hydrogen) atoms. The van der Waals surface area contributed by atoms with Crippen LogP contribution in [0.3, 0.4) is 0 Å². The normalized spacial score (nSPS) is 17.4. The number of nitrogens with two attached hydrogens (primary N) is 1. The predicted octanol–water partition coefficient (Wildman–Crippen LogP) is 4.50. The zero-order valence-corrected chi connectivity index (χ0v) is 13.2. The van der Waals surface area contributed by atoms with Crippen LogP contribution in [0.4, 0.5) is 4.39 Å². The topological polar surface area (TPSA) is 35.2 Å². The van der Waals surface area contributed by atoms with Gasteiger partial charge >= 0.3 is 0 Å². The Balaban J connectivity index is 1.73. The molecule has 2 aromatic carbocycles. The van der Waals surface area contributed by atoms with Crippen LogP contribution in [0.25, 0.3) is 0 Å². The standard InChI is InChI=1S/C17H17BrFNO/c18-13-5-4-12(16(19)9-13)10-21-14-6-7-15-11(8-14)2-1-3-17(15)20/h4-9,17H,1-3,10,20H2. The first-order valence-corrected chi connectivity index (χ1v) is 7.88. The molecule has 3 rings (SSSR count). The second kappa shape index (κ2) is 6.16. The Kier molecular flexibility index (Phi) is 4.27. The van der Waals surface area contributed by atoms with Crippen molar-refractivity contribution in [1.29, 1.82) is 0 Å². The molecule has 1 aliphatic rings. The van der Waals surface area contributed by atoms with Gasteiger partial charge in [0.15, 0.2) is 0 Å². The van der Waals surface area contributed by atoms with E-state index in [9.17, 15) is 4.39 Å². The van der Waals surface area contributed by atoms with Crippen molar-refractivity contribution in [2.45, 2.75) is 31.9 Å². The van der Waals surface area contributed by atoms with E-state index in [0.29, 0.717) is 5.56 Å². The molecule has 2 N–H and O–H groups in total. The lowest BCUT2D eigenvalue weighted by Crippen LogP contribution is -2.17. The molecule has 0 saturated heterocycles. The van der Waals surface area contributed by atoms with E-state index < -0.39 is 0 Å². The molecule has 110 valence electrons. The molecule has 4 heteroatoms. The quantitative estimate of drug-likeness (QED) is 0.884. The minimum Gasteiger partial charge on any atom is -0.489 e. The van der Waals surface area contributed by atoms with E-state index in [2.05, 4.69) is 15.9 Å². The minimum atomic E-state index is -0.260. The number of fused-ring (bicyclic) bond motifs is 1. The van der Waals surface area contributed by atoms with E-state index in [1.807, 2.05) is 24.3 Å². The van der Waals surface area contributed by atoms with E-state index >= 15 is 0 Å². The number of hydrogen-bond donors (Lipinski definition) is 1. The molecular weight excluding hydrogens is 333 g/mol. The zero-order chi connectivity index (χ0) is 14.8. The Bertz CT molecular complexity index is 659. The summed E-state index contributed by atoms with van der Waals surface area (Å²) in [6.07, 6.45) is 3.18. The first-order chi connectivity index (χ1) is 10.1. The van der Waals surface area contributed by atoms with E-state index in [1.54, 1.807) is 6.07 Å². The minimum absolute atomic E-state index is 0.131. The highest BCUT2D eigenvalue weighted by molar-refractivity contribution is 9.10. The van der Waals surface area contributed by atoms with Gasteiger partial charge in [-0.15, -0.1) is 0 Å². The molecule has 0 aliphatic heterocycles.